The van der Waals surface area contributed by atoms with Crippen molar-refractivity contribution in [2.45, 2.75) is 6.92 Å². The third-order valence-corrected chi connectivity index (χ3v) is 4.24. The molecule has 2 rings (SSSR count). The Morgan fingerprint density at radius 3 is 1.93 bits per heavy atom. The molecule has 0 unspecified atom stereocenters. The fourth-order valence-corrected chi connectivity index (χ4v) is 2.66. The van der Waals surface area contributed by atoms with E-state index in [1.165, 1.54) is 0 Å². The lowest BCUT2D eigenvalue weighted by Gasteiger charge is -2.26. The predicted octanol–water partition coefficient (Wildman–Crippen LogP) is 2.79. The van der Waals surface area contributed by atoms with Crippen LogP contribution in [0.5, 0.6) is 0 Å². The first-order valence-electron chi connectivity index (χ1n) is 9.57. The van der Waals surface area contributed by atoms with Gasteiger partial charge in [0.25, 0.3) is 0 Å². The molecule has 158 valence electrons. The van der Waals surface area contributed by atoms with Crippen molar-refractivity contribution < 1.29 is 14.2 Å². The first-order chi connectivity index (χ1) is 14.1. The van der Waals surface area contributed by atoms with E-state index in [-0.39, 0.29) is 0 Å². The summed E-state index contributed by atoms with van der Waals surface area (Å²) in [7, 11) is 5.03. The highest BCUT2D eigenvalue weighted by atomic mass is 16.5. The number of allylic oxidation sites excluding steroid dienone is 1. The molecule has 0 N–H and O–H groups in total. The Morgan fingerprint density at radius 2 is 1.38 bits per heavy atom. The molecule has 0 aliphatic carbocycles. The van der Waals surface area contributed by atoms with Crippen LogP contribution in [0.1, 0.15) is 12.7 Å². The van der Waals surface area contributed by atoms with Crippen molar-refractivity contribution in [3.63, 3.8) is 0 Å². The molecular formula is C21H31N5O3. The second kappa shape index (κ2) is 12.1. The van der Waals surface area contributed by atoms with Gasteiger partial charge in [-0.15, -0.1) is 0 Å². The molecule has 1 aromatic heterocycles. The third-order valence-electron chi connectivity index (χ3n) is 4.24. The Bertz CT molecular complexity index is 749. The molecule has 29 heavy (non-hydrogen) atoms. The quantitative estimate of drug-likeness (QED) is 0.507. The van der Waals surface area contributed by atoms with Gasteiger partial charge in [-0.05, 0) is 24.6 Å². The van der Waals surface area contributed by atoms with Crippen molar-refractivity contribution in [2.75, 3.05) is 70.6 Å². The minimum Gasteiger partial charge on any atom is -0.383 e. The van der Waals surface area contributed by atoms with Crippen LogP contribution in [-0.2, 0) is 14.2 Å². The Kier molecular flexibility index (Phi) is 9.49. The lowest BCUT2D eigenvalue weighted by atomic mass is 10.3. The van der Waals surface area contributed by atoms with Gasteiger partial charge >= 0.3 is 0 Å². The third kappa shape index (κ3) is 6.77. The van der Waals surface area contributed by atoms with Crippen molar-refractivity contribution >= 4 is 23.2 Å². The highest BCUT2D eigenvalue weighted by Gasteiger charge is 2.19. The average Bonchev–Trinajstić information content (AvgIpc) is 2.74. The molecule has 0 saturated heterocycles. The molecule has 1 aromatic carbocycles. The molecule has 0 aliphatic heterocycles. The molecule has 0 fully saturated rings. The molecule has 1 heterocycles. The van der Waals surface area contributed by atoms with Crippen LogP contribution in [-0.4, -0.2) is 75.7 Å². The van der Waals surface area contributed by atoms with E-state index < -0.39 is 0 Å². The van der Waals surface area contributed by atoms with Gasteiger partial charge in [0.1, 0.15) is 0 Å². The van der Waals surface area contributed by atoms with E-state index in [1.54, 1.807) is 21.3 Å². The monoisotopic (exact) mass is 401 g/mol. The number of anilines is 3. The Morgan fingerprint density at radius 1 is 0.828 bits per heavy atom. The second-order valence-corrected chi connectivity index (χ2v) is 6.49. The lowest BCUT2D eigenvalue weighted by molar-refractivity contribution is 0.189. The summed E-state index contributed by atoms with van der Waals surface area (Å²) in [6.45, 7) is 9.45. The van der Waals surface area contributed by atoms with Gasteiger partial charge in [0.15, 0.2) is 5.82 Å². The van der Waals surface area contributed by atoms with E-state index in [0.29, 0.717) is 57.2 Å². The highest BCUT2D eigenvalue weighted by molar-refractivity contribution is 5.62. The van der Waals surface area contributed by atoms with Gasteiger partial charge in [-0.2, -0.15) is 15.0 Å². The topological polar surface area (TPSA) is 72.8 Å². The van der Waals surface area contributed by atoms with Crippen LogP contribution >= 0.6 is 0 Å². The van der Waals surface area contributed by atoms with E-state index in [0.717, 1.165) is 11.3 Å². The van der Waals surface area contributed by atoms with E-state index in [2.05, 4.69) is 16.5 Å². The number of aromatic nitrogens is 3. The molecule has 8 nitrogen and oxygen atoms in total. The molecule has 0 aliphatic rings. The maximum Gasteiger partial charge on any atom is 0.235 e. The standard InChI is InChI=1S/C21H31N5O3/c1-17(2)19-22-20(25(11-14-27-3)12-15-28-4)24-21(23-19)26(13-16-29-5)18-9-7-6-8-10-18/h6-10H,1,11-16H2,2-5H3. The van der Waals surface area contributed by atoms with Crippen molar-refractivity contribution in [1.82, 2.24) is 15.0 Å². The van der Waals surface area contributed by atoms with Gasteiger partial charge in [0, 0.05) is 46.7 Å². The number of benzene rings is 1. The van der Waals surface area contributed by atoms with Gasteiger partial charge in [0.2, 0.25) is 11.9 Å². The normalized spacial score (nSPS) is 10.8. The molecule has 0 radical (unpaired) electrons. The number of nitrogens with zero attached hydrogens (tertiary/aromatic N) is 5. The van der Waals surface area contributed by atoms with E-state index in [4.69, 9.17) is 19.2 Å². The van der Waals surface area contributed by atoms with Crippen molar-refractivity contribution in [1.29, 1.82) is 0 Å². The number of methoxy groups -OCH3 is 3. The molecule has 0 spiro atoms. The first-order valence-corrected chi connectivity index (χ1v) is 9.57. The summed E-state index contributed by atoms with van der Waals surface area (Å²) in [5, 5.41) is 0. The number of rotatable bonds is 13. The van der Waals surface area contributed by atoms with E-state index >= 15 is 0 Å². The summed E-state index contributed by atoms with van der Waals surface area (Å²) in [6, 6.07) is 9.99. The van der Waals surface area contributed by atoms with Crippen LogP contribution in [0, 0.1) is 0 Å². The Balaban J connectivity index is 2.49. The molecule has 8 heteroatoms. The lowest BCUT2D eigenvalue weighted by Crippen LogP contribution is -2.33. The SMILES string of the molecule is C=C(C)c1nc(N(CCOC)CCOC)nc(N(CCOC)c2ccccc2)n1. The zero-order valence-electron chi connectivity index (χ0n) is 17.8. The van der Waals surface area contributed by atoms with Gasteiger partial charge in [-0.1, -0.05) is 24.8 Å². The van der Waals surface area contributed by atoms with Crippen molar-refractivity contribution in [3.8, 4) is 0 Å². The summed E-state index contributed by atoms with van der Waals surface area (Å²) in [5.74, 6) is 1.68. The molecule has 2 aromatic rings. The molecular weight excluding hydrogens is 370 g/mol. The van der Waals surface area contributed by atoms with E-state index in [9.17, 15) is 0 Å². The zero-order chi connectivity index (χ0) is 21.1. The summed E-state index contributed by atoms with van der Waals surface area (Å²) < 4.78 is 15.8. The second-order valence-electron chi connectivity index (χ2n) is 6.49. The van der Waals surface area contributed by atoms with Crippen LogP contribution in [0.25, 0.3) is 5.57 Å². The van der Waals surface area contributed by atoms with Gasteiger partial charge in [0.05, 0.1) is 19.8 Å². The van der Waals surface area contributed by atoms with Crippen LogP contribution < -0.4 is 9.80 Å². The Hall–Kier alpha value is -2.55. The molecule has 0 saturated carbocycles. The fraction of sp³-hybridized carbons (Fsp3) is 0.476. The maximum absolute atomic E-state index is 5.30. The molecule has 0 atom stereocenters. The van der Waals surface area contributed by atoms with Crippen molar-refractivity contribution in [2.24, 2.45) is 0 Å². The number of hydrogen-bond donors (Lipinski definition) is 0. The molecule has 0 bridgehead atoms. The van der Waals surface area contributed by atoms with Crippen LogP contribution in [0.15, 0.2) is 36.9 Å². The van der Waals surface area contributed by atoms with E-state index in [1.807, 2.05) is 47.1 Å². The Labute approximate surface area is 173 Å². The fourth-order valence-electron chi connectivity index (χ4n) is 2.66. The highest BCUT2D eigenvalue weighted by Crippen LogP contribution is 2.24. The van der Waals surface area contributed by atoms with Gasteiger partial charge in [-0.25, -0.2) is 0 Å². The van der Waals surface area contributed by atoms with Crippen LogP contribution in [0.3, 0.4) is 0 Å². The maximum atomic E-state index is 5.30. The summed E-state index contributed by atoms with van der Waals surface area (Å²) in [5.41, 5.74) is 1.75. The summed E-state index contributed by atoms with van der Waals surface area (Å²) in [6.07, 6.45) is 0. The smallest absolute Gasteiger partial charge is 0.235 e. The molecule has 0 amide bonds. The summed E-state index contributed by atoms with van der Waals surface area (Å²) in [4.78, 5) is 18.1. The number of para-hydroxylation sites is 1. The minimum absolute atomic E-state index is 0.537. The average molecular weight is 402 g/mol. The van der Waals surface area contributed by atoms with Crippen LogP contribution in [0.2, 0.25) is 0 Å². The predicted molar refractivity (Wildman–Crippen MR) is 116 cm³/mol. The minimum atomic E-state index is 0.537. The van der Waals surface area contributed by atoms with Crippen molar-refractivity contribution in [3.05, 3.63) is 42.7 Å². The van der Waals surface area contributed by atoms with Crippen LogP contribution in [0.4, 0.5) is 17.6 Å². The number of hydrogen-bond acceptors (Lipinski definition) is 8. The zero-order valence-corrected chi connectivity index (χ0v) is 17.8. The largest absolute Gasteiger partial charge is 0.383 e. The van der Waals surface area contributed by atoms with Gasteiger partial charge < -0.3 is 24.0 Å². The summed E-state index contributed by atoms with van der Waals surface area (Å²) >= 11 is 0. The number of ether oxygens (including phenoxy) is 3. The van der Waals surface area contributed by atoms with Gasteiger partial charge in [-0.3, -0.25) is 0 Å². The first kappa shape index (κ1) is 22.7.